The number of carboxylic acid groups (broad SMARTS) is 1. The number of piperidine rings is 1. The topological polar surface area (TPSA) is 66.8 Å². The van der Waals surface area contributed by atoms with Crippen LogP contribution in [0.3, 0.4) is 0 Å². The van der Waals surface area contributed by atoms with Crippen LogP contribution in [0.5, 0.6) is 0 Å². The molecule has 0 saturated carbocycles. The standard InChI is InChI=1S/C24H27NO4/c1-16(23(26)27)14-17-8-6-7-13-25(17)24(28)29-15-22-20-11-4-2-9-18(20)19-10-3-5-12-21(19)22/h2-5,9-12,16-17,22H,6-8,13-15H2,1H3,(H,26,27). The summed E-state index contributed by atoms with van der Waals surface area (Å²) in [7, 11) is 0. The molecule has 2 aromatic rings. The van der Waals surface area contributed by atoms with Gasteiger partial charge in [0.15, 0.2) is 0 Å². The van der Waals surface area contributed by atoms with Gasteiger partial charge in [-0.2, -0.15) is 0 Å². The molecule has 1 heterocycles. The molecule has 0 radical (unpaired) electrons. The summed E-state index contributed by atoms with van der Waals surface area (Å²) in [4.78, 5) is 25.9. The third kappa shape index (κ3) is 3.86. The van der Waals surface area contributed by atoms with E-state index in [9.17, 15) is 14.7 Å². The molecule has 5 nitrogen and oxygen atoms in total. The second kappa shape index (κ2) is 8.27. The van der Waals surface area contributed by atoms with Crippen molar-refractivity contribution >= 4 is 12.1 Å². The Kier molecular flexibility index (Phi) is 5.56. The van der Waals surface area contributed by atoms with E-state index in [4.69, 9.17) is 4.74 Å². The van der Waals surface area contributed by atoms with E-state index < -0.39 is 11.9 Å². The number of carboxylic acids is 1. The number of hydrogen-bond acceptors (Lipinski definition) is 3. The number of rotatable bonds is 5. The molecule has 1 amide bonds. The predicted octanol–water partition coefficient (Wildman–Crippen LogP) is 4.90. The van der Waals surface area contributed by atoms with Gasteiger partial charge in [-0.05, 0) is 47.9 Å². The molecule has 0 aromatic heterocycles. The van der Waals surface area contributed by atoms with E-state index in [-0.39, 0.29) is 18.1 Å². The Morgan fingerprint density at radius 3 is 2.31 bits per heavy atom. The Balaban J connectivity index is 1.47. The summed E-state index contributed by atoms with van der Waals surface area (Å²) in [6, 6.07) is 16.5. The number of fused-ring (bicyclic) bond motifs is 3. The van der Waals surface area contributed by atoms with Gasteiger partial charge in [0.2, 0.25) is 0 Å². The molecule has 1 N–H and O–H groups in total. The maximum Gasteiger partial charge on any atom is 0.410 e. The number of aliphatic carboxylic acids is 1. The second-order valence-corrected chi connectivity index (χ2v) is 8.12. The summed E-state index contributed by atoms with van der Waals surface area (Å²) < 4.78 is 5.79. The van der Waals surface area contributed by atoms with Crippen molar-refractivity contribution in [2.45, 2.75) is 44.6 Å². The van der Waals surface area contributed by atoms with Gasteiger partial charge in [0.1, 0.15) is 6.61 Å². The zero-order valence-electron chi connectivity index (χ0n) is 16.7. The van der Waals surface area contributed by atoms with Crippen molar-refractivity contribution in [2.75, 3.05) is 13.2 Å². The number of carbonyl (C=O) groups is 2. The van der Waals surface area contributed by atoms with Gasteiger partial charge in [0.05, 0.1) is 5.92 Å². The van der Waals surface area contributed by atoms with Gasteiger partial charge in [0.25, 0.3) is 0 Å². The van der Waals surface area contributed by atoms with Gasteiger partial charge >= 0.3 is 12.1 Å². The molecule has 2 atom stereocenters. The van der Waals surface area contributed by atoms with E-state index in [0.717, 1.165) is 19.3 Å². The first-order chi connectivity index (χ1) is 14.1. The fourth-order valence-electron chi connectivity index (χ4n) is 4.67. The maximum absolute atomic E-state index is 12.9. The largest absolute Gasteiger partial charge is 0.481 e. The SMILES string of the molecule is CC(CC1CCCCN1C(=O)OCC1c2ccccc2-c2ccccc21)C(=O)O. The summed E-state index contributed by atoms with van der Waals surface area (Å²) >= 11 is 0. The van der Waals surface area contributed by atoms with Crippen LogP contribution in [0, 0.1) is 5.92 Å². The van der Waals surface area contributed by atoms with Crippen molar-refractivity contribution in [1.82, 2.24) is 4.90 Å². The Morgan fingerprint density at radius 2 is 1.69 bits per heavy atom. The lowest BCUT2D eigenvalue weighted by Gasteiger charge is -2.36. The summed E-state index contributed by atoms with van der Waals surface area (Å²) in [6.45, 7) is 2.63. The van der Waals surface area contributed by atoms with Crippen molar-refractivity contribution in [1.29, 1.82) is 0 Å². The van der Waals surface area contributed by atoms with Crippen LogP contribution >= 0.6 is 0 Å². The highest BCUT2D eigenvalue weighted by Crippen LogP contribution is 2.44. The molecular formula is C24H27NO4. The van der Waals surface area contributed by atoms with E-state index in [2.05, 4.69) is 24.3 Å². The first-order valence-electron chi connectivity index (χ1n) is 10.4. The first kappa shape index (κ1) is 19.5. The first-order valence-corrected chi connectivity index (χ1v) is 10.4. The number of likely N-dealkylation sites (tertiary alicyclic amines) is 1. The minimum absolute atomic E-state index is 0.0348. The summed E-state index contributed by atoms with van der Waals surface area (Å²) in [5.74, 6) is -1.25. The van der Waals surface area contributed by atoms with Crippen LogP contribution in [0.25, 0.3) is 11.1 Å². The van der Waals surface area contributed by atoms with Gasteiger partial charge in [-0.25, -0.2) is 4.79 Å². The number of nitrogens with zero attached hydrogens (tertiary/aromatic N) is 1. The minimum Gasteiger partial charge on any atom is -0.481 e. The second-order valence-electron chi connectivity index (χ2n) is 8.12. The van der Waals surface area contributed by atoms with Crippen LogP contribution in [0.4, 0.5) is 4.79 Å². The molecule has 1 aliphatic heterocycles. The molecule has 152 valence electrons. The predicted molar refractivity (Wildman–Crippen MR) is 111 cm³/mol. The third-order valence-corrected chi connectivity index (χ3v) is 6.24. The Bertz CT molecular complexity index is 864. The van der Waals surface area contributed by atoms with E-state index in [1.165, 1.54) is 22.3 Å². The van der Waals surface area contributed by atoms with Crippen LogP contribution in [-0.2, 0) is 9.53 Å². The van der Waals surface area contributed by atoms with Gasteiger partial charge in [-0.15, -0.1) is 0 Å². The lowest BCUT2D eigenvalue weighted by molar-refractivity contribution is -0.141. The smallest absolute Gasteiger partial charge is 0.410 e. The molecule has 0 spiro atoms. The van der Waals surface area contributed by atoms with Crippen molar-refractivity contribution in [3.8, 4) is 11.1 Å². The highest BCUT2D eigenvalue weighted by atomic mass is 16.6. The van der Waals surface area contributed by atoms with Crippen molar-refractivity contribution in [3.05, 3.63) is 59.7 Å². The lowest BCUT2D eigenvalue weighted by atomic mass is 9.93. The fourth-order valence-corrected chi connectivity index (χ4v) is 4.67. The minimum atomic E-state index is -0.817. The van der Waals surface area contributed by atoms with Crippen molar-refractivity contribution in [2.24, 2.45) is 5.92 Å². The Labute approximate surface area is 171 Å². The summed E-state index contributed by atoms with van der Waals surface area (Å²) in [5, 5.41) is 9.24. The third-order valence-electron chi connectivity index (χ3n) is 6.24. The zero-order valence-corrected chi connectivity index (χ0v) is 16.7. The molecule has 1 aliphatic carbocycles. The average molecular weight is 393 g/mol. The molecule has 2 unspecified atom stereocenters. The van der Waals surface area contributed by atoms with E-state index >= 15 is 0 Å². The van der Waals surface area contributed by atoms with Gasteiger partial charge in [0, 0.05) is 18.5 Å². The van der Waals surface area contributed by atoms with Gasteiger partial charge < -0.3 is 14.7 Å². The average Bonchev–Trinajstić information content (AvgIpc) is 3.06. The van der Waals surface area contributed by atoms with Crippen LogP contribution in [0.1, 0.15) is 49.7 Å². The monoisotopic (exact) mass is 393 g/mol. The molecule has 4 rings (SSSR count). The molecular weight excluding hydrogens is 366 g/mol. The quantitative estimate of drug-likeness (QED) is 0.784. The van der Waals surface area contributed by atoms with Crippen LogP contribution < -0.4 is 0 Å². The molecule has 29 heavy (non-hydrogen) atoms. The van der Waals surface area contributed by atoms with E-state index in [1.807, 2.05) is 24.3 Å². The van der Waals surface area contributed by atoms with Crippen molar-refractivity contribution in [3.63, 3.8) is 0 Å². The van der Waals surface area contributed by atoms with E-state index in [0.29, 0.717) is 19.6 Å². The van der Waals surface area contributed by atoms with Crippen LogP contribution in [0.15, 0.2) is 48.5 Å². The maximum atomic E-state index is 12.9. The molecule has 2 aromatic carbocycles. The fraction of sp³-hybridized carbons (Fsp3) is 0.417. The van der Waals surface area contributed by atoms with Crippen LogP contribution in [-0.4, -0.2) is 41.3 Å². The summed E-state index contributed by atoms with van der Waals surface area (Å²) in [6.07, 6.45) is 2.93. The highest BCUT2D eigenvalue weighted by Gasteiger charge is 2.33. The lowest BCUT2D eigenvalue weighted by Crippen LogP contribution is -2.45. The normalized spacial score (nSPS) is 19.3. The zero-order chi connectivity index (χ0) is 20.4. The molecule has 2 aliphatic rings. The van der Waals surface area contributed by atoms with E-state index in [1.54, 1.807) is 11.8 Å². The Morgan fingerprint density at radius 1 is 1.07 bits per heavy atom. The number of hydrogen-bond donors (Lipinski definition) is 1. The van der Waals surface area contributed by atoms with Gasteiger partial charge in [-0.3, -0.25) is 4.79 Å². The van der Waals surface area contributed by atoms with Crippen molar-refractivity contribution < 1.29 is 19.4 Å². The summed E-state index contributed by atoms with van der Waals surface area (Å²) in [5.41, 5.74) is 4.79. The number of carbonyl (C=O) groups excluding carboxylic acids is 1. The van der Waals surface area contributed by atoms with Gasteiger partial charge in [-0.1, -0.05) is 55.5 Å². The number of amides is 1. The molecule has 1 saturated heterocycles. The molecule has 0 bridgehead atoms. The number of ether oxygens (including phenoxy) is 1. The molecule has 5 heteroatoms. The number of benzene rings is 2. The Hall–Kier alpha value is -2.82. The highest BCUT2D eigenvalue weighted by molar-refractivity contribution is 5.79. The molecule has 1 fully saturated rings. The van der Waals surface area contributed by atoms with Crippen LogP contribution in [0.2, 0.25) is 0 Å².